The Labute approximate surface area is 120 Å². The molecule has 0 amide bonds. The van der Waals surface area contributed by atoms with Crippen LogP contribution in [0.15, 0.2) is 29.2 Å². The second-order valence-electron chi connectivity index (χ2n) is 5.37. The van der Waals surface area contributed by atoms with Crippen molar-refractivity contribution in [2.45, 2.75) is 50.0 Å². The normalized spacial score (nSPS) is 23.2. The minimum atomic E-state index is -3.61. The summed E-state index contributed by atoms with van der Waals surface area (Å²) in [5.41, 5.74) is 0.197. The van der Waals surface area contributed by atoms with Gasteiger partial charge in [0.25, 0.3) is 0 Å². The van der Waals surface area contributed by atoms with E-state index in [9.17, 15) is 8.42 Å². The summed E-state index contributed by atoms with van der Waals surface area (Å²) in [4.78, 5) is 0.0844. The minimum absolute atomic E-state index is 0.00884. The first-order valence-electron chi connectivity index (χ1n) is 7.08. The smallest absolute Gasteiger partial charge is 0.208 e. The Bertz CT molecular complexity index is 605. The Morgan fingerprint density at radius 1 is 1.35 bits per heavy atom. The topological polar surface area (TPSA) is 70.0 Å². The molecule has 0 aromatic heterocycles. The molecule has 1 aliphatic carbocycles. The molecule has 4 nitrogen and oxygen atoms in total. The molecule has 0 bridgehead atoms. The molecule has 1 aliphatic rings. The van der Waals surface area contributed by atoms with Crippen LogP contribution in [-0.4, -0.2) is 14.5 Å². The molecule has 1 N–H and O–H groups in total. The monoisotopic (exact) mass is 292 g/mol. The van der Waals surface area contributed by atoms with E-state index < -0.39 is 10.0 Å². The van der Waals surface area contributed by atoms with E-state index >= 15 is 0 Å². The van der Waals surface area contributed by atoms with Crippen molar-refractivity contribution in [2.75, 3.05) is 0 Å². The van der Waals surface area contributed by atoms with E-state index in [2.05, 4.69) is 11.6 Å². The van der Waals surface area contributed by atoms with E-state index in [0.29, 0.717) is 5.92 Å². The molecule has 1 aromatic carbocycles. The molecule has 0 spiro atoms. The average molecular weight is 292 g/mol. The first-order chi connectivity index (χ1) is 9.56. The zero-order valence-corrected chi connectivity index (χ0v) is 12.5. The lowest BCUT2D eigenvalue weighted by molar-refractivity contribution is 0.301. The molecule has 0 aliphatic heterocycles. The van der Waals surface area contributed by atoms with Crippen molar-refractivity contribution in [1.29, 1.82) is 5.26 Å². The van der Waals surface area contributed by atoms with Crippen molar-refractivity contribution < 1.29 is 8.42 Å². The second kappa shape index (κ2) is 6.38. The number of nitrogens with zero attached hydrogens (tertiary/aromatic N) is 1. The Morgan fingerprint density at radius 3 is 2.80 bits per heavy atom. The Hall–Kier alpha value is -1.38. The fourth-order valence-corrected chi connectivity index (χ4v) is 4.29. The molecule has 2 atom stereocenters. The zero-order chi connectivity index (χ0) is 14.6. The molecule has 5 heteroatoms. The van der Waals surface area contributed by atoms with Crippen LogP contribution in [-0.2, 0) is 10.0 Å². The van der Waals surface area contributed by atoms with Gasteiger partial charge in [-0.05, 0) is 30.9 Å². The Kier molecular flexibility index (Phi) is 4.79. The third kappa shape index (κ3) is 3.38. The van der Waals surface area contributed by atoms with E-state index in [1.54, 1.807) is 12.1 Å². The van der Waals surface area contributed by atoms with E-state index in [1.165, 1.54) is 18.6 Å². The summed E-state index contributed by atoms with van der Waals surface area (Å²) in [6, 6.07) is 8.27. The lowest BCUT2D eigenvalue weighted by Gasteiger charge is -2.28. The summed E-state index contributed by atoms with van der Waals surface area (Å²) in [6.45, 7) is 2.15. The molecule has 1 fully saturated rings. The summed E-state index contributed by atoms with van der Waals surface area (Å²) in [5.74, 6) is 0.600. The van der Waals surface area contributed by atoms with Gasteiger partial charge in [-0.25, -0.2) is 13.1 Å². The van der Waals surface area contributed by atoms with E-state index in [0.717, 1.165) is 25.7 Å². The maximum Gasteiger partial charge on any atom is 0.242 e. The van der Waals surface area contributed by atoms with Crippen LogP contribution in [0, 0.1) is 17.2 Å². The van der Waals surface area contributed by atoms with Gasteiger partial charge in [-0.3, -0.25) is 0 Å². The Balaban J connectivity index is 2.17. The quantitative estimate of drug-likeness (QED) is 0.927. The molecular formula is C15H20N2O2S. The molecular weight excluding hydrogens is 272 g/mol. The predicted octanol–water partition coefficient (Wildman–Crippen LogP) is 2.81. The highest BCUT2D eigenvalue weighted by molar-refractivity contribution is 7.89. The van der Waals surface area contributed by atoms with Crippen molar-refractivity contribution >= 4 is 10.0 Å². The third-order valence-electron chi connectivity index (χ3n) is 3.98. The van der Waals surface area contributed by atoms with Crippen molar-refractivity contribution in [1.82, 2.24) is 4.72 Å². The third-order valence-corrected chi connectivity index (χ3v) is 5.56. The van der Waals surface area contributed by atoms with Crippen LogP contribution >= 0.6 is 0 Å². The zero-order valence-electron chi connectivity index (χ0n) is 11.7. The van der Waals surface area contributed by atoms with Crippen LogP contribution in [0.1, 0.15) is 44.6 Å². The molecule has 0 saturated heterocycles. The lowest BCUT2D eigenvalue weighted by atomic mass is 9.85. The van der Waals surface area contributed by atoms with Crippen LogP contribution in [0.2, 0.25) is 0 Å². The summed E-state index contributed by atoms with van der Waals surface area (Å²) < 4.78 is 27.6. The van der Waals surface area contributed by atoms with Crippen LogP contribution in [0.5, 0.6) is 0 Å². The van der Waals surface area contributed by atoms with Crippen LogP contribution < -0.4 is 4.72 Å². The minimum Gasteiger partial charge on any atom is -0.208 e. The van der Waals surface area contributed by atoms with Gasteiger partial charge in [0, 0.05) is 6.04 Å². The molecule has 20 heavy (non-hydrogen) atoms. The highest BCUT2D eigenvalue weighted by Crippen LogP contribution is 2.27. The number of sulfonamides is 1. The number of hydrogen-bond donors (Lipinski definition) is 1. The summed E-state index contributed by atoms with van der Waals surface area (Å²) in [7, 11) is -3.61. The maximum atomic E-state index is 12.4. The number of nitrogens with one attached hydrogen (secondary N) is 1. The molecule has 1 aromatic rings. The molecule has 108 valence electrons. The van der Waals surface area contributed by atoms with Gasteiger partial charge < -0.3 is 0 Å². The molecule has 2 rings (SSSR count). The first kappa shape index (κ1) is 15.0. The van der Waals surface area contributed by atoms with Crippen molar-refractivity contribution in [2.24, 2.45) is 5.92 Å². The predicted molar refractivity (Wildman–Crippen MR) is 77.5 cm³/mol. The molecule has 0 heterocycles. The largest absolute Gasteiger partial charge is 0.242 e. The van der Waals surface area contributed by atoms with E-state index in [1.807, 2.05) is 6.07 Å². The van der Waals surface area contributed by atoms with Gasteiger partial charge >= 0.3 is 0 Å². The van der Waals surface area contributed by atoms with Crippen molar-refractivity contribution in [3.05, 3.63) is 29.8 Å². The fraction of sp³-hybridized carbons (Fsp3) is 0.533. The summed E-state index contributed by atoms with van der Waals surface area (Å²) in [6.07, 6.45) is 5.11. The lowest BCUT2D eigenvalue weighted by Crippen LogP contribution is -2.38. The Morgan fingerprint density at radius 2 is 2.10 bits per heavy atom. The van der Waals surface area contributed by atoms with Crippen LogP contribution in [0.4, 0.5) is 0 Å². The van der Waals surface area contributed by atoms with Gasteiger partial charge in [-0.2, -0.15) is 5.26 Å². The van der Waals surface area contributed by atoms with Gasteiger partial charge in [0.1, 0.15) is 6.07 Å². The SMILES string of the molecule is CCC1CCCC(NS(=O)(=O)c2ccccc2C#N)C1. The highest BCUT2D eigenvalue weighted by atomic mass is 32.2. The highest BCUT2D eigenvalue weighted by Gasteiger charge is 2.26. The number of nitriles is 1. The summed E-state index contributed by atoms with van der Waals surface area (Å²) in [5, 5.41) is 9.03. The maximum absolute atomic E-state index is 12.4. The van der Waals surface area contributed by atoms with E-state index in [-0.39, 0.29) is 16.5 Å². The van der Waals surface area contributed by atoms with Gasteiger partial charge in [-0.1, -0.05) is 38.3 Å². The average Bonchev–Trinajstić information content (AvgIpc) is 2.47. The van der Waals surface area contributed by atoms with Gasteiger partial charge in [0.2, 0.25) is 10.0 Å². The van der Waals surface area contributed by atoms with Crippen LogP contribution in [0.25, 0.3) is 0 Å². The molecule has 2 unspecified atom stereocenters. The summed E-state index contributed by atoms with van der Waals surface area (Å²) >= 11 is 0. The van der Waals surface area contributed by atoms with Crippen LogP contribution in [0.3, 0.4) is 0 Å². The van der Waals surface area contributed by atoms with E-state index in [4.69, 9.17) is 5.26 Å². The van der Waals surface area contributed by atoms with Crippen molar-refractivity contribution in [3.63, 3.8) is 0 Å². The van der Waals surface area contributed by atoms with Crippen molar-refractivity contribution in [3.8, 4) is 6.07 Å². The number of rotatable bonds is 4. The fourth-order valence-electron chi connectivity index (χ4n) is 2.85. The van der Waals surface area contributed by atoms with Gasteiger partial charge in [0.05, 0.1) is 10.5 Å². The number of benzene rings is 1. The number of hydrogen-bond acceptors (Lipinski definition) is 3. The second-order valence-corrected chi connectivity index (χ2v) is 7.05. The molecule has 1 saturated carbocycles. The molecule has 0 radical (unpaired) electrons. The first-order valence-corrected chi connectivity index (χ1v) is 8.56. The standard InChI is InChI=1S/C15H20N2O2S/c1-2-12-6-5-8-14(10-12)17-20(18,19)15-9-4-3-7-13(15)11-16/h3-4,7,9,12,14,17H,2,5-6,8,10H2,1H3. The van der Waals surface area contributed by atoms with Gasteiger partial charge in [0.15, 0.2) is 0 Å². The van der Waals surface area contributed by atoms with Gasteiger partial charge in [-0.15, -0.1) is 0 Å².